The van der Waals surface area contributed by atoms with Gasteiger partial charge in [0.2, 0.25) is 17.7 Å². The zero-order valence-electron chi connectivity index (χ0n) is 18.6. The molecule has 0 saturated carbocycles. The highest BCUT2D eigenvalue weighted by Crippen LogP contribution is 2.24. The van der Waals surface area contributed by atoms with Crippen LogP contribution in [0.1, 0.15) is 18.4 Å². The van der Waals surface area contributed by atoms with E-state index in [4.69, 9.17) is 15.6 Å². The molecule has 1 aromatic carbocycles. The van der Waals surface area contributed by atoms with E-state index in [1.165, 1.54) is 19.2 Å². The molecule has 0 aliphatic carbocycles. The minimum absolute atomic E-state index is 0.115. The number of carboxylic acids is 1. The van der Waals surface area contributed by atoms with Crippen molar-refractivity contribution in [3.63, 3.8) is 0 Å². The molecule has 2 rings (SSSR count). The van der Waals surface area contributed by atoms with Crippen LogP contribution in [0.5, 0.6) is 5.75 Å². The maximum Gasteiger partial charge on any atom is 0.490 e. The Morgan fingerprint density at radius 3 is 2.14 bits per heavy atom. The normalized spacial score (nSPS) is 22.0. The van der Waals surface area contributed by atoms with Gasteiger partial charge in [-0.1, -0.05) is 33.7 Å². The van der Waals surface area contributed by atoms with Gasteiger partial charge in [0.25, 0.3) is 0 Å². The Bertz CT molecular complexity index is 873. The van der Waals surface area contributed by atoms with Crippen LogP contribution in [0.15, 0.2) is 24.3 Å². The molecule has 0 spiro atoms. The largest absolute Gasteiger partial charge is 0.508 e. The maximum atomic E-state index is 12.9. The number of amides is 3. The van der Waals surface area contributed by atoms with Crippen molar-refractivity contribution >= 4 is 45.3 Å². The van der Waals surface area contributed by atoms with Crippen LogP contribution in [0.4, 0.5) is 13.2 Å². The zero-order valence-corrected chi connectivity index (χ0v) is 20.3. The van der Waals surface area contributed by atoms with E-state index in [9.17, 15) is 32.7 Å². The summed E-state index contributed by atoms with van der Waals surface area (Å²) in [5.41, 5.74) is 6.71. The first-order valence-corrected chi connectivity index (χ1v) is 12.7. The number of carboxylic acid groups (broad SMARTS) is 1. The lowest BCUT2D eigenvalue weighted by molar-refractivity contribution is -0.192. The molecule has 7 N–H and O–H groups in total. The number of aliphatic carboxylic acids is 1. The molecule has 1 aromatic rings. The molecule has 0 bridgehead atoms. The lowest BCUT2D eigenvalue weighted by atomic mass is 10.0. The molecule has 35 heavy (non-hydrogen) atoms. The minimum Gasteiger partial charge on any atom is -0.508 e. The fraction of sp³-hybridized carbons (Fsp3) is 0.500. The van der Waals surface area contributed by atoms with Crippen LogP contribution >= 0.6 is 21.6 Å². The molecule has 1 heterocycles. The molecule has 1 saturated heterocycles. The monoisotopic (exact) mass is 540 g/mol. The van der Waals surface area contributed by atoms with Gasteiger partial charge < -0.3 is 31.9 Å². The number of nitrogens with two attached hydrogens (primary N) is 1. The lowest BCUT2D eigenvalue weighted by Gasteiger charge is -2.23. The average Bonchev–Trinajstić information content (AvgIpc) is 2.80. The second-order valence-electron chi connectivity index (χ2n) is 7.24. The Kier molecular flexibility index (Phi) is 12.7. The van der Waals surface area contributed by atoms with Crippen molar-refractivity contribution < 1.29 is 42.6 Å². The standard InChI is InChI=1S/C18H26N4O4S2.C2HF3O2/c1-20-17(25)14-7-9-28-27-8-6-13(19)16(24)22-15(18(26)21-14)10-11-2-4-12(23)5-3-11;3-2(4,5)1(6)7/h2-5,13-15,23H,6-10,19H2,1H3,(H,20,25)(H,21,26)(H,22,24);(H,6,7)/t13-,14-,15-;/m0./s1. The number of hydrogen-bond acceptors (Lipinski definition) is 8. The Hall–Kier alpha value is -2.65. The summed E-state index contributed by atoms with van der Waals surface area (Å²) >= 11 is 0. The van der Waals surface area contributed by atoms with Crippen LogP contribution in [0.25, 0.3) is 0 Å². The number of nitrogens with one attached hydrogen (secondary N) is 3. The molecule has 3 amide bonds. The first kappa shape index (κ1) is 30.4. The van der Waals surface area contributed by atoms with Crippen LogP contribution in [0.2, 0.25) is 0 Å². The van der Waals surface area contributed by atoms with Gasteiger partial charge in [-0.15, -0.1) is 0 Å². The SMILES string of the molecule is CNC(=O)[C@@H]1CCSSCC[C@H](N)C(=O)N[C@@H](Cc2ccc(O)cc2)C(=O)N1.O=C(O)C(F)(F)F. The van der Waals surface area contributed by atoms with Crippen LogP contribution in [-0.4, -0.2) is 76.8 Å². The number of phenols is 1. The zero-order chi connectivity index (χ0) is 26.6. The molecular weight excluding hydrogens is 513 g/mol. The summed E-state index contributed by atoms with van der Waals surface area (Å²) in [5, 5.41) is 24.6. The number of phenolic OH excluding ortho intramolecular Hbond substituents is 1. The van der Waals surface area contributed by atoms with Crippen LogP contribution in [0, 0.1) is 0 Å². The van der Waals surface area contributed by atoms with Crippen molar-refractivity contribution in [2.24, 2.45) is 5.73 Å². The van der Waals surface area contributed by atoms with Gasteiger partial charge in [-0.25, -0.2) is 4.79 Å². The first-order valence-electron chi connectivity index (χ1n) is 10.3. The second-order valence-corrected chi connectivity index (χ2v) is 9.94. The maximum absolute atomic E-state index is 12.9. The summed E-state index contributed by atoms with van der Waals surface area (Å²) in [5.74, 6) is -2.38. The fourth-order valence-electron chi connectivity index (χ4n) is 2.66. The van der Waals surface area contributed by atoms with E-state index in [0.29, 0.717) is 24.3 Å². The number of rotatable bonds is 3. The summed E-state index contributed by atoms with van der Waals surface area (Å²) < 4.78 is 31.7. The number of carbonyl (C=O) groups is 4. The highest BCUT2D eigenvalue weighted by Gasteiger charge is 2.38. The molecule has 0 aromatic heterocycles. The third-order valence-corrected chi connectivity index (χ3v) is 7.02. The molecule has 1 fully saturated rings. The van der Waals surface area contributed by atoms with Gasteiger partial charge in [-0.05, 0) is 30.5 Å². The van der Waals surface area contributed by atoms with Crippen molar-refractivity contribution in [2.75, 3.05) is 18.6 Å². The minimum atomic E-state index is -5.08. The van der Waals surface area contributed by atoms with Gasteiger partial charge >= 0.3 is 12.1 Å². The summed E-state index contributed by atoms with van der Waals surface area (Å²) in [6.07, 6.45) is -3.89. The first-order chi connectivity index (χ1) is 16.3. The predicted molar refractivity (Wildman–Crippen MR) is 126 cm³/mol. The van der Waals surface area contributed by atoms with Gasteiger partial charge in [0.1, 0.15) is 17.8 Å². The van der Waals surface area contributed by atoms with E-state index in [-0.39, 0.29) is 18.1 Å². The van der Waals surface area contributed by atoms with Crippen molar-refractivity contribution in [1.82, 2.24) is 16.0 Å². The number of halogens is 3. The van der Waals surface area contributed by atoms with Gasteiger partial charge in [-0.3, -0.25) is 14.4 Å². The summed E-state index contributed by atoms with van der Waals surface area (Å²) in [6.45, 7) is 0. The Balaban J connectivity index is 0.000000762. The molecule has 10 nitrogen and oxygen atoms in total. The van der Waals surface area contributed by atoms with Gasteiger partial charge in [0.05, 0.1) is 6.04 Å². The fourth-order valence-corrected chi connectivity index (χ4v) is 4.86. The average molecular weight is 541 g/mol. The summed E-state index contributed by atoms with van der Waals surface area (Å²) in [6, 6.07) is 4.12. The molecule has 196 valence electrons. The summed E-state index contributed by atoms with van der Waals surface area (Å²) in [7, 11) is 4.71. The number of aromatic hydroxyl groups is 1. The second kappa shape index (κ2) is 14.7. The molecule has 1 aliphatic heterocycles. The number of hydrogen-bond donors (Lipinski definition) is 6. The highest BCUT2D eigenvalue weighted by molar-refractivity contribution is 8.76. The third kappa shape index (κ3) is 11.6. The predicted octanol–water partition coefficient (Wildman–Crippen LogP) is 0.786. The van der Waals surface area contributed by atoms with E-state index in [1.54, 1.807) is 33.7 Å². The Morgan fingerprint density at radius 2 is 1.63 bits per heavy atom. The van der Waals surface area contributed by atoms with Gasteiger partial charge in [0.15, 0.2) is 0 Å². The van der Waals surface area contributed by atoms with Crippen molar-refractivity contribution in [3.8, 4) is 5.75 Å². The van der Waals surface area contributed by atoms with Crippen LogP contribution in [-0.2, 0) is 25.6 Å². The van der Waals surface area contributed by atoms with Crippen molar-refractivity contribution in [2.45, 2.75) is 43.6 Å². The molecular formula is C20H27F3N4O6S2. The molecule has 3 atom stereocenters. The van der Waals surface area contributed by atoms with Crippen LogP contribution < -0.4 is 21.7 Å². The van der Waals surface area contributed by atoms with Crippen molar-refractivity contribution in [3.05, 3.63) is 29.8 Å². The topological polar surface area (TPSA) is 171 Å². The number of alkyl halides is 3. The van der Waals surface area contributed by atoms with E-state index in [2.05, 4.69) is 16.0 Å². The highest BCUT2D eigenvalue weighted by atomic mass is 33.1. The van der Waals surface area contributed by atoms with Crippen LogP contribution in [0.3, 0.4) is 0 Å². The number of carbonyl (C=O) groups excluding carboxylic acids is 3. The Morgan fingerprint density at radius 1 is 1.09 bits per heavy atom. The quantitative estimate of drug-likeness (QED) is 0.303. The molecule has 15 heteroatoms. The van der Waals surface area contributed by atoms with E-state index >= 15 is 0 Å². The van der Waals surface area contributed by atoms with E-state index in [1.807, 2.05) is 0 Å². The lowest BCUT2D eigenvalue weighted by Crippen LogP contribution is -2.56. The van der Waals surface area contributed by atoms with Crippen molar-refractivity contribution in [1.29, 1.82) is 0 Å². The van der Waals surface area contributed by atoms with E-state index < -0.39 is 42.1 Å². The third-order valence-electron chi connectivity index (χ3n) is 4.55. The smallest absolute Gasteiger partial charge is 0.490 e. The molecule has 1 aliphatic rings. The number of benzene rings is 1. The molecule has 0 radical (unpaired) electrons. The van der Waals surface area contributed by atoms with E-state index in [0.717, 1.165) is 5.56 Å². The van der Waals surface area contributed by atoms with Gasteiger partial charge in [-0.2, -0.15) is 13.2 Å². The Labute approximate surface area is 207 Å². The molecule has 0 unspecified atom stereocenters. The summed E-state index contributed by atoms with van der Waals surface area (Å²) in [4.78, 5) is 46.3. The van der Waals surface area contributed by atoms with Gasteiger partial charge in [0, 0.05) is 25.0 Å². The number of likely N-dealkylation sites (N-methyl/N-ethyl adjacent to an activating group) is 1.